The summed E-state index contributed by atoms with van der Waals surface area (Å²) >= 11 is 1.81. The maximum atomic E-state index is 5.16. The highest BCUT2D eigenvalue weighted by atomic mass is 32.2. The molecule has 0 N–H and O–H groups in total. The maximum Gasteiger partial charge on any atom is 0.148 e. The van der Waals surface area contributed by atoms with E-state index >= 15 is 0 Å². The first-order valence-electron chi connectivity index (χ1n) is 2.49. The highest BCUT2D eigenvalue weighted by Crippen LogP contribution is 2.24. The molecule has 1 rings (SSSR count). The predicted octanol–water partition coefficient (Wildman–Crippen LogP) is 1.65. The predicted molar refractivity (Wildman–Crippen MR) is 31.9 cm³/mol. The first kappa shape index (κ1) is 5.45. The van der Waals surface area contributed by atoms with E-state index in [0.29, 0.717) is 0 Å². The molecule has 1 fully saturated rings. The van der Waals surface area contributed by atoms with Crippen molar-refractivity contribution in [3.05, 3.63) is 5.44 Å². The van der Waals surface area contributed by atoms with E-state index in [0.717, 1.165) is 12.0 Å². The Balaban J connectivity index is 2.12. The molecule has 0 aliphatic carbocycles. The van der Waals surface area contributed by atoms with Crippen LogP contribution in [0.1, 0.15) is 13.3 Å². The Morgan fingerprint density at radius 1 is 1.71 bits per heavy atom. The summed E-state index contributed by atoms with van der Waals surface area (Å²) in [7, 11) is 0. The molecule has 1 saturated heterocycles. The summed E-state index contributed by atoms with van der Waals surface area (Å²) in [6.07, 6.45) is 1.21. The van der Waals surface area contributed by atoms with E-state index in [-0.39, 0.29) is 0 Å². The van der Waals surface area contributed by atoms with E-state index in [1.165, 1.54) is 12.2 Å². The molecule has 0 saturated carbocycles. The standard InChI is InChI=1S/C5H9OS/c1-5-6-3-2-4-7-5/h2-4H2,1H3. The molecule has 1 nitrogen and oxygen atoms in total. The maximum absolute atomic E-state index is 5.16. The summed E-state index contributed by atoms with van der Waals surface area (Å²) in [6.45, 7) is 2.95. The van der Waals surface area contributed by atoms with Gasteiger partial charge < -0.3 is 4.74 Å². The molecule has 0 atom stereocenters. The van der Waals surface area contributed by atoms with Crippen molar-refractivity contribution in [3.63, 3.8) is 0 Å². The fourth-order valence-corrected chi connectivity index (χ4v) is 1.25. The monoisotopic (exact) mass is 117 g/mol. The molecule has 0 bridgehead atoms. The van der Waals surface area contributed by atoms with Crippen LogP contribution in [0.15, 0.2) is 0 Å². The molecule has 0 aromatic rings. The first-order chi connectivity index (χ1) is 3.39. The zero-order valence-electron chi connectivity index (χ0n) is 4.44. The van der Waals surface area contributed by atoms with Gasteiger partial charge in [-0.05, 0) is 19.1 Å². The third-order valence-corrected chi connectivity index (χ3v) is 1.92. The summed E-state index contributed by atoms with van der Waals surface area (Å²) in [5.41, 5.74) is 1.13. The number of ether oxygens (including phenoxy) is 1. The lowest BCUT2D eigenvalue weighted by Gasteiger charge is -2.15. The Morgan fingerprint density at radius 2 is 2.57 bits per heavy atom. The lowest BCUT2D eigenvalue weighted by Crippen LogP contribution is -2.05. The number of hydrogen-bond acceptors (Lipinski definition) is 2. The Labute approximate surface area is 48.4 Å². The van der Waals surface area contributed by atoms with Crippen molar-refractivity contribution in [2.24, 2.45) is 0 Å². The molecular formula is C5H9OS. The van der Waals surface area contributed by atoms with Gasteiger partial charge in [-0.15, -0.1) is 11.8 Å². The average Bonchev–Trinajstić information content (AvgIpc) is 1.69. The van der Waals surface area contributed by atoms with Gasteiger partial charge >= 0.3 is 0 Å². The van der Waals surface area contributed by atoms with E-state index in [1.54, 1.807) is 0 Å². The van der Waals surface area contributed by atoms with Crippen molar-refractivity contribution >= 4 is 11.8 Å². The van der Waals surface area contributed by atoms with Crippen molar-refractivity contribution in [1.82, 2.24) is 0 Å². The van der Waals surface area contributed by atoms with Gasteiger partial charge in [-0.25, -0.2) is 0 Å². The van der Waals surface area contributed by atoms with Crippen LogP contribution in [0.5, 0.6) is 0 Å². The van der Waals surface area contributed by atoms with E-state index in [2.05, 4.69) is 0 Å². The molecule has 1 heterocycles. The second-order valence-electron chi connectivity index (χ2n) is 1.54. The Kier molecular flexibility index (Phi) is 2.00. The van der Waals surface area contributed by atoms with Crippen LogP contribution in [0.3, 0.4) is 0 Å². The van der Waals surface area contributed by atoms with Gasteiger partial charge in [0.1, 0.15) is 5.44 Å². The van der Waals surface area contributed by atoms with Crippen molar-refractivity contribution in [2.45, 2.75) is 13.3 Å². The van der Waals surface area contributed by atoms with E-state index < -0.39 is 0 Å². The topological polar surface area (TPSA) is 9.23 Å². The SMILES string of the molecule is C[C]1OCCCS1. The van der Waals surface area contributed by atoms with Gasteiger partial charge in [-0.3, -0.25) is 0 Å². The Hall–Kier alpha value is 0.310. The fraction of sp³-hybridized carbons (Fsp3) is 0.800. The van der Waals surface area contributed by atoms with Crippen molar-refractivity contribution in [3.8, 4) is 0 Å². The number of rotatable bonds is 0. The average molecular weight is 117 g/mol. The number of hydrogen-bond donors (Lipinski definition) is 0. The van der Waals surface area contributed by atoms with Crippen molar-refractivity contribution in [2.75, 3.05) is 12.4 Å². The second kappa shape index (κ2) is 2.58. The van der Waals surface area contributed by atoms with Gasteiger partial charge in [-0.2, -0.15) is 0 Å². The quantitative estimate of drug-likeness (QED) is 0.477. The highest BCUT2D eigenvalue weighted by Gasteiger charge is 2.07. The van der Waals surface area contributed by atoms with Crippen LogP contribution in [0, 0.1) is 5.44 Å². The summed E-state index contributed by atoms with van der Waals surface area (Å²) in [4.78, 5) is 0. The minimum absolute atomic E-state index is 0.929. The van der Waals surface area contributed by atoms with Crippen LogP contribution < -0.4 is 0 Å². The second-order valence-corrected chi connectivity index (χ2v) is 2.81. The molecule has 0 aromatic heterocycles. The molecule has 1 aliphatic heterocycles. The van der Waals surface area contributed by atoms with Crippen LogP contribution in [0.25, 0.3) is 0 Å². The van der Waals surface area contributed by atoms with Crippen molar-refractivity contribution < 1.29 is 4.74 Å². The highest BCUT2D eigenvalue weighted by molar-refractivity contribution is 8.01. The third-order valence-electron chi connectivity index (χ3n) is 0.899. The molecular weight excluding hydrogens is 108 g/mol. The molecule has 1 aliphatic rings. The van der Waals surface area contributed by atoms with E-state index in [9.17, 15) is 0 Å². The van der Waals surface area contributed by atoms with Crippen LogP contribution >= 0.6 is 11.8 Å². The Morgan fingerprint density at radius 3 is 2.86 bits per heavy atom. The van der Waals surface area contributed by atoms with Crippen molar-refractivity contribution in [1.29, 1.82) is 0 Å². The lowest BCUT2D eigenvalue weighted by atomic mass is 10.5. The van der Waals surface area contributed by atoms with Gasteiger partial charge in [0.2, 0.25) is 0 Å². The molecule has 0 unspecified atom stereocenters. The molecule has 41 valence electrons. The smallest absolute Gasteiger partial charge is 0.148 e. The molecule has 7 heavy (non-hydrogen) atoms. The Bertz CT molecular complexity index is 50.0. The van der Waals surface area contributed by atoms with Crippen LogP contribution in [0.2, 0.25) is 0 Å². The third kappa shape index (κ3) is 1.70. The summed E-state index contributed by atoms with van der Waals surface area (Å²) in [6, 6.07) is 0. The van der Waals surface area contributed by atoms with Crippen LogP contribution in [-0.2, 0) is 4.74 Å². The number of thioether (sulfide) groups is 1. The minimum Gasteiger partial charge on any atom is -0.361 e. The summed E-state index contributed by atoms with van der Waals surface area (Å²) < 4.78 is 5.16. The molecule has 1 radical (unpaired) electrons. The zero-order valence-corrected chi connectivity index (χ0v) is 5.25. The van der Waals surface area contributed by atoms with Gasteiger partial charge in [0.15, 0.2) is 0 Å². The first-order valence-corrected chi connectivity index (χ1v) is 3.47. The lowest BCUT2D eigenvalue weighted by molar-refractivity contribution is 0.183. The summed E-state index contributed by atoms with van der Waals surface area (Å²) in [5.74, 6) is 1.24. The van der Waals surface area contributed by atoms with E-state index in [1.807, 2.05) is 18.7 Å². The zero-order chi connectivity index (χ0) is 5.11. The fourth-order valence-electron chi connectivity index (χ4n) is 0.532. The van der Waals surface area contributed by atoms with E-state index in [4.69, 9.17) is 4.74 Å². The largest absolute Gasteiger partial charge is 0.361 e. The minimum atomic E-state index is 0.929. The molecule has 0 spiro atoms. The molecule has 2 heteroatoms. The van der Waals surface area contributed by atoms with Gasteiger partial charge in [0.25, 0.3) is 0 Å². The van der Waals surface area contributed by atoms with Crippen LogP contribution in [0.4, 0.5) is 0 Å². The molecule has 0 amide bonds. The van der Waals surface area contributed by atoms with Gasteiger partial charge in [0, 0.05) is 6.61 Å². The van der Waals surface area contributed by atoms with Gasteiger partial charge in [-0.1, -0.05) is 0 Å². The van der Waals surface area contributed by atoms with Crippen LogP contribution in [-0.4, -0.2) is 12.4 Å². The molecule has 0 aromatic carbocycles. The summed E-state index contributed by atoms with van der Waals surface area (Å²) in [5, 5.41) is 0. The normalized spacial score (nSPS) is 25.3. The van der Waals surface area contributed by atoms with Gasteiger partial charge in [0.05, 0.1) is 0 Å².